The van der Waals surface area contributed by atoms with Crippen LogP contribution in [0.2, 0.25) is 0 Å². The van der Waals surface area contributed by atoms with Gasteiger partial charge in [0.25, 0.3) is 0 Å². The zero-order valence-electron chi connectivity index (χ0n) is 15.4. The summed E-state index contributed by atoms with van der Waals surface area (Å²) in [5.74, 6) is 0. The van der Waals surface area contributed by atoms with Crippen LogP contribution in [0.15, 0.2) is 60.7 Å². The maximum absolute atomic E-state index is 10.3. The van der Waals surface area contributed by atoms with Crippen molar-refractivity contribution < 1.29 is 20.4 Å². The normalized spacial score (nSPS) is 17.0. The van der Waals surface area contributed by atoms with Crippen molar-refractivity contribution in [2.45, 2.75) is 10.8 Å². The number of hydrogen-bond acceptors (Lipinski definition) is 4. The molecule has 28 heavy (non-hydrogen) atoms. The first kappa shape index (κ1) is 17.6. The van der Waals surface area contributed by atoms with E-state index in [-0.39, 0.29) is 26.4 Å². The van der Waals surface area contributed by atoms with Gasteiger partial charge in [0, 0.05) is 0 Å². The fourth-order valence-corrected chi connectivity index (χ4v) is 5.18. The standard InChI is InChI=1S/C24H22O4/c25-11-23(12-26)19-7-3-1-5-15(19)17-9-22-18(10-21(17)23)16-6-2-4-8-20(16)24(22,13-27)14-28/h1-10,25-28H,11-14H2. The van der Waals surface area contributed by atoms with Crippen LogP contribution in [0.1, 0.15) is 22.3 Å². The largest absolute Gasteiger partial charge is 0.395 e. The topological polar surface area (TPSA) is 80.9 Å². The molecule has 3 aromatic carbocycles. The lowest BCUT2D eigenvalue weighted by Gasteiger charge is -2.29. The molecule has 4 N–H and O–H groups in total. The molecule has 0 saturated heterocycles. The third kappa shape index (κ3) is 1.88. The Kier molecular flexibility index (Phi) is 3.77. The van der Waals surface area contributed by atoms with Crippen LogP contribution in [0.5, 0.6) is 0 Å². The van der Waals surface area contributed by atoms with Gasteiger partial charge in [0.2, 0.25) is 0 Å². The first-order valence-electron chi connectivity index (χ1n) is 9.49. The van der Waals surface area contributed by atoms with Crippen molar-refractivity contribution in [1.29, 1.82) is 0 Å². The Morgan fingerprint density at radius 3 is 1.18 bits per heavy atom. The smallest absolute Gasteiger partial charge is 0.0676 e. The summed E-state index contributed by atoms with van der Waals surface area (Å²) in [6, 6.07) is 19.7. The Morgan fingerprint density at radius 1 is 0.464 bits per heavy atom. The van der Waals surface area contributed by atoms with Crippen LogP contribution in [-0.2, 0) is 10.8 Å². The van der Waals surface area contributed by atoms with Gasteiger partial charge in [-0.15, -0.1) is 0 Å². The highest BCUT2D eigenvalue weighted by Gasteiger charge is 2.47. The number of benzene rings is 3. The molecule has 3 aromatic rings. The minimum absolute atomic E-state index is 0.195. The Hall–Kier alpha value is -2.50. The molecular weight excluding hydrogens is 352 g/mol. The van der Waals surface area contributed by atoms with Crippen molar-refractivity contribution in [3.05, 3.63) is 82.9 Å². The summed E-state index contributed by atoms with van der Waals surface area (Å²) in [5.41, 5.74) is 5.70. The Labute approximate surface area is 163 Å². The second-order valence-electron chi connectivity index (χ2n) is 7.83. The van der Waals surface area contributed by atoms with Crippen LogP contribution in [-0.4, -0.2) is 46.9 Å². The van der Waals surface area contributed by atoms with Gasteiger partial charge in [-0.05, 0) is 56.6 Å². The minimum Gasteiger partial charge on any atom is -0.395 e. The molecule has 0 saturated carbocycles. The summed E-state index contributed by atoms with van der Waals surface area (Å²) < 4.78 is 0. The molecule has 0 aromatic heterocycles. The number of fused-ring (bicyclic) bond motifs is 6. The van der Waals surface area contributed by atoms with Gasteiger partial charge in [-0.25, -0.2) is 0 Å². The fraction of sp³-hybridized carbons (Fsp3) is 0.250. The summed E-state index contributed by atoms with van der Waals surface area (Å²) in [4.78, 5) is 0. The predicted octanol–water partition coefficient (Wildman–Crippen LogP) is 2.19. The molecule has 0 unspecified atom stereocenters. The molecule has 2 aliphatic rings. The third-order valence-electron chi connectivity index (χ3n) is 6.73. The van der Waals surface area contributed by atoms with Gasteiger partial charge in [-0.1, -0.05) is 48.5 Å². The SMILES string of the molecule is OCC1(CO)c2ccccc2-c2cc3c(cc21)-c1ccccc1C3(CO)CO. The zero-order valence-corrected chi connectivity index (χ0v) is 15.4. The second kappa shape index (κ2) is 6.00. The average Bonchev–Trinajstić information content (AvgIpc) is 3.20. The summed E-state index contributed by atoms with van der Waals surface area (Å²) in [6.45, 7) is -0.781. The van der Waals surface area contributed by atoms with E-state index in [1.54, 1.807) is 0 Å². The molecule has 0 atom stereocenters. The van der Waals surface area contributed by atoms with Gasteiger partial charge >= 0.3 is 0 Å². The van der Waals surface area contributed by atoms with Crippen molar-refractivity contribution in [3.8, 4) is 22.3 Å². The maximum atomic E-state index is 10.3. The van der Waals surface area contributed by atoms with Crippen LogP contribution in [0.25, 0.3) is 22.3 Å². The van der Waals surface area contributed by atoms with Crippen LogP contribution in [0.4, 0.5) is 0 Å². The zero-order chi connectivity index (χ0) is 19.5. The first-order chi connectivity index (χ1) is 13.7. The van der Waals surface area contributed by atoms with Gasteiger partial charge in [0.1, 0.15) is 0 Å². The molecule has 0 amide bonds. The van der Waals surface area contributed by atoms with E-state index in [9.17, 15) is 20.4 Å². The van der Waals surface area contributed by atoms with E-state index >= 15 is 0 Å². The molecule has 0 aliphatic heterocycles. The lowest BCUT2D eigenvalue weighted by atomic mass is 9.77. The first-order valence-corrected chi connectivity index (χ1v) is 9.49. The van der Waals surface area contributed by atoms with Crippen molar-refractivity contribution in [2.75, 3.05) is 26.4 Å². The van der Waals surface area contributed by atoms with E-state index in [1.165, 1.54) is 0 Å². The lowest BCUT2D eigenvalue weighted by molar-refractivity contribution is 0.144. The van der Waals surface area contributed by atoms with E-state index in [2.05, 4.69) is 0 Å². The molecule has 142 valence electrons. The van der Waals surface area contributed by atoms with Crippen LogP contribution in [0, 0.1) is 0 Å². The molecular formula is C24H22O4. The quantitative estimate of drug-likeness (QED) is 0.564. The van der Waals surface area contributed by atoms with Crippen molar-refractivity contribution >= 4 is 0 Å². The van der Waals surface area contributed by atoms with E-state index in [0.717, 1.165) is 44.5 Å². The van der Waals surface area contributed by atoms with Gasteiger partial charge in [-0.2, -0.15) is 0 Å². The molecule has 4 nitrogen and oxygen atoms in total. The molecule has 4 heteroatoms. The van der Waals surface area contributed by atoms with Crippen LogP contribution in [0.3, 0.4) is 0 Å². The predicted molar refractivity (Wildman–Crippen MR) is 107 cm³/mol. The number of aliphatic hydroxyl groups excluding tert-OH is 4. The van der Waals surface area contributed by atoms with Crippen LogP contribution < -0.4 is 0 Å². The molecule has 0 radical (unpaired) electrons. The molecule has 5 rings (SSSR count). The minimum atomic E-state index is -0.862. The fourth-order valence-electron chi connectivity index (χ4n) is 5.18. The van der Waals surface area contributed by atoms with E-state index in [4.69, 9.17) is 0 Å². The van der Waals surface area contributed by atoms with Gasteiger partial charge in [0.15, 0.2) is 0 Å². The van der Waals surface area contributed by atoms with Crippen LogP contribution >= 0.6 is 0 Å². The number of hydrogen-bond donors (Lipinski definition) is 4. The van der Waals surface area contributed by atoms with E-state index in [0.29, 0.717) is 0 Å². The number of aliphatic hydroxyl groups is 4. The Bertz CT molecular complexity index is 990. The molecule has 0 bridgehead atoms. The lowest BCUT2D eigenvalue weighted by Crippen LogP contribution is -2.35. The Morgan fingerprint density at radius 2 is 0.821 bits per heavy atom. The monoisotopic (exact) mass is 374 g/mol. The van der Waals surface area contributed by atoms with Crippen molar-refractivity contribution in [1.82, 2.24) is 0 Å². The van der Waals surface area contributed by atoms with E-state index < -0.39 is 10.8 Å². The van der Waals surface area contributed by atoms with Gasteiger partial charge < -0.3 is 20.4 Å². The Balaban J connectivity index is 1.88. The molecule has 0 heterocycles. The van der Waals surface area contributed by atoms with Gasteiger partial charge in [0.05, 0.1) is 37.3 Å². The van der Waals surface area contributed by atoms with Crippen molar-refractivity contribution in [2.24, 2.45) is 0 Å². The average molecular weight is 374 g/mol. The second-order valence-corrected chi connectivity index (χ2v) is 7.83. The highest BCUT2D eigenvalue weighted by molar-refractivity contribution is 5.90. The third-order valence-corrected chi connectivity index (χ3v) is 6.73. The van der Waals surface area contributed by atoms with E-state index in [1.807, 2.05) is 60.7 Å². The summed E-state index contributed by atoms with van der Waals surface area (Å²) in [5, 5.41) is 41.2. The van der Waals surface area contributed by atoms with Crippen molar-refractivity contribution in [3.63, 3.8) is 0 Å². The summed E-state index contributed by atoms with van der Waals surface area (Å²) >= 11 is 0. The molecule has 0 fully saturated rings. The maximum Gasteiger partial charge on any atom is 0.0676 e. The molecule has 2 aliphatic carbocycles. The molecule has 0 spiro atoms. The summed E-state index contributed by atoms with van der Waals surface area (Å²) in [7, 11) is 0. The number of rotatable bonds is 4. The summed E-state index contributed by atoms with van der Waals surface area (Å²) in [6.07, 6.45) is 0. The van der Waals surface area contributed by atoms with Gasteiger partial charge in [-0.3, -0.25) is 0 Å². The highest BCUT2D eigenvalue weighted by Crippen LogP contribution is 2.55. The highest BCUT2D eigenvalue weighted by atomic mass is 16.3.